The van der Waals surface area contributed by atoms with Gasteiger partial charge in [-0.1, -0.05) is 19.8 Å². The molecule has 0 bridgehead atoms. The topological polar surface area (TPSA) is 37.3 Å². The van der Waals surface area contributed by atoms with Crippen molar-refractivity contribution in [2.24, 2.45) is 5.92 Å². The Hall–Kier alpha value is -1.29. The Labute approximate surface area is 127 Å². The van der Waals surface area contributed by atoms with Crippen molar-refractivity contribution in [3.63, 3.8) is 0 Å². The van der Waals surface area contributed by atoms with Gasteiger partial charge in [0.15, 0.2) is 0 Å². The zero-order valence-electron chi connectivity index (χ0n) is 13.2. The van der Waals surface area contributed by atoms with Crippen LogP contribution in [-0.2, 0) is 11.3 Å². The number of rotatable bonds is 3. The summed E-state index contributed by atoms with van der Waals surface area (Å²) in [4.78, 5) is 14.7. The third kappa shape index (κ3) is 3.15. The predicted molar refractivity (Wildman–Crippen MR) is 84.0 cm³/mol. The first kappa shape index (κ1) is 14.6. The van der Waals surface area contributed by atoms with Gasteiger partial charge in [0.2, 0.25) is 5.91 Å². The average Bonchev–Trinajstić information content (AvgIpc) is 2.94. The lowest BCUT2D eigenvalue weighted by Crippen LogP contribution is -2.47. The van der Waals surface area contributed by atoms with Crippen LogP contribution in [-0.4, -0.2) is 34.5 Å². The molecule has 0 aromatic carbocycles. The highest BCUT2D eigenvalue weighted by Gasteiger charge is 2.27. The van der Waals surface area contributed by atoms with E-state index in [2.05, 4.69) is 47.0 Å². The number of nitrogens with one attached hydrogen (secondary N) is 1. The number of hydrogen-bond acceptors (Lipinski definition) is 2. The largest absolute Gasteiger partial charge is 0.352 e. The van der Waals surface area contributed by atoms with Crippen molar-refractivity contribution >= 4 is 5.91 Å². The monoisotopic (exact) mass is 289 g/mol. The molecule has 1 aromatic heterocycles. The summed E-state index contributed by atoms with van der Waals surface area (Å²) in [5, 5.41) is 3.27. The maximum atomic E-state index is 12.4. The number of hydrogen-bond donors (Lipinski definition) is 1. The highest BCUT2D eigenvalue weighted by molar-refractivity contribution is 5.78. The molecule has 0 spiro atoms. The maximum Gasteiger partial charge on any atom is 0.234 e. The van der Waals surface area contributed by atoms with Gasteiger partial charge >= 0.3 is 0 Å². The van der Waals surface area contributed by atoms with Crippen molar-refractivity contribution in [2.45, 2.75) is 58.2 Å². The second-order valence-electron chi connectivity index (χ2n) is 6.71. The third-order valence-electron chi connectivity index (χ3n) is 5.27. The quantitative estimate of drug-likeness (QED) is 0.928. The van der Waals surface area contributed by atoms with E-state index in [-0.39, 0.29) is 5.91 Å². The molecule has 4 nitrogen and oxygen atoms in total. The second kappa shape index (κ2) is 6.22. The first-order valence-electron chi connectivity index (χ1n) is 8.33. The van der Waals surface area contributed by atoms with E-state index in [1.165, 1.54) is 25.0 Å². The number of aromatic nitrogens is 1. The molecule has 1 N–H and O–H groups in total. The minimum Gasteiger partial charge on any atom is -0.352 e. The van der Waals surface area contributed by atoms with E-state index in [0.717, 1.165) is 19.5 Å². The number of amides is 1. The summed E-state index contributed by atoms with van der Waals surface area (Å²) in [6.07, 6.45) is 7.09. The van der Waals surface area contributed by atoms with E-state index in [4.69, 9.17) is 0 Å². The van der Waals surface area contributed by atoms with Crippen LogP contribution >= 0.6 is 0 Å². The Morgan fingerprint density at radius 2 is 2.10 bits per heavy atom. The molecule has 1 amide bonds. The summed E-state index contributed by atoms with van der Waals surface area (Å²) in [5.41, 5.74) is 1.32. The van der Waals surface area contributed by atoms with Gasteiger partial charge in [-0.05, 0) is 37.8 Å². The molecule has 2 heterocycles. The van der Waals surface area contributed by atoms with Crippen molar-refractivity contribution in [1.29, 1.82) is 0 Å². The average molecular weight is 289 g/mol. The highest BCUT2D eigenvalue weighted by Crippen LogP contribution is 2.26. The molecule has 21 heavy (non-hydrogen) atoms. The standard InChI is InChI=1S/C17H27N3O/c1-13-6-3-4-7-15(13)18-17(21)12-20-11-10-19-9-5-8-16(19)14(20)2/h5,8-9,13-15H,3-4,6-7,10-12H2,1-2H3,(H,18,21)/t13-,14+,15+/m1/s1. The fourth-order valence-electron chi connectivity index (χ4n) is 3.81. The van der Waals surface area contributed by atoms with Crippen molar-refractivity contribution in [1.82, 2.24) is 14.8 Å². The Kier molecular flexibility index (Phi) is 4.34. The summed E-state index contributed by atoms with van der Waals surface area (Å²) in [5.74, 6) is 0.819. The van der Waals surface area contributed by atoms with Crippen molar-refractivity contribution < 1.29 is 4.79 Å². The molecule has 2 aliphatic rings. The van der Waals surface area contributed by atoms with Crippen LogP contribution in [0.2, 0.25) is 0 Å². The fourth-order valence-corrected chi connectivity index (χ4v) is 3.81. The molecular formula is C17H27N3O. The van der Waals surface area contributed by atoms with Gasteiger partial charge in [-0.25, -0.2) is 0 Å². The van der Waals surface area contributed by atoms with Gasteiger partial charge in [0.05, 0.1) is 6.54 Å². The molecule has 116 valence electrons. The van der Waals surface area contributed by atoms with Crippen LogP contribution in [0.3, 0.4) is 0 Å². The molecular weight excluding hydrogens is 262 g/mol. The van der Waals surface area contributed by atoms with Crippen LogP contribution in [0, 0.1) is 5.92 Å². The van der Waals surface area contributed by atoms with Crippen LogP contribution < -0.4 is 5.32 Å². The molecule has 1 aliphatic carbocycles. The molecule has 4 heteroatoms. The molecule has 0 unspecified atom stereocenters. The number of carbonyl (C=O) groups excluding carboxylic acids is 1. The highest BCUT2D eigenvalue weighted by atomic mass is 16.2. The molecule has 0 radical (unpaired) electrons. The van der Waals surface area contributed by atoms with Crippen LogP contribution in [0.1, 0.15) is 51.3 Å². The summed E-state index contributed by atoms with van der Waals surface area (Å²) in [7, 11) is 0. The lowest BCUT2D eigenvalue weighted by molar-refractivity contribution is -0.124. The minimum absolute atomic E-state index is 0.195. The molecule has 0 saturated heterocycles. The van der Waals surface area contributed by atoms with E-state index < -0.39 is 0 Å². The lowest BCUT2D eigenvalue weighted by Gasteiger charge is -2.35. The van der Waals surface area contributed by atoms with E-state index in [0.29, 0.717) is 24.5 Å². The third-order valence-corrected chi connectivity index (χ3v) is 5.27. The minimum atomic E-state index is 0.195. The second-order valence-corrected chi connectivity index (χ2v) is 6.71. The van der Waals surface area contributed by atoms with Crippen molar-refractivity contribution in [2.75, 3.05) is 13.1 Å². The van der Waals surface area contributed by atoms with Gasteiger partial charge in [0.1, 0.15) is 0 Å². The molecule has 3 atom stereocenters. The van der Waals surface area contributed by atoms with E-state index >= 15 is 0 Å². The van der Waals surface area contributed by atoms with Gasteiger partial charge in [-0.15, -0.1) is 0 Å². The lowest BCUT2D eigenvalue weighted by atomic mass is 9.86. The molecule has 1 saturated carbocycles. The Balaban J connectivity index is 1.56. The van der Waals surface area contributed by atoms with E-state index in [1.54, 1.807) is 0 Å². The van der Waals surface area contributed by atoms with Gasteiger partial charge in [0.25, 0.3) is 0 Å². The Morgan fingerprint density at radius 1 is 1.29 bits per heavy atom. The maximum absolute atomic E-state index is 12.4. The van der Waals surface area contributed by atoms with Crippen molar-refractivity contribution in [3.05, 3.63) is 24.0 Å². The van der Waals surface area contributed by atoms with E-state index in [9.17, 15) is 4.79 Å². The smallest absolute Gasteiger partial charge is 0.234 e. The molecule has 1 aromatic rings. The summed E-state index contributed by atoms with van der Waals surface area (Å²) in [6.45, 7) is 6.92. The van der Waals surface area contributed by atoms with Crippen molar-refractivity contribution in [3.8, 4) is 0 Å². The number of fused-ring (bicyclic) bond motifs is 1. The molecule has 1 fully saturated rings. The molecule has 1 aliphatic heterocycles. The molecule has 3 rings (SSSR count). The predicted octanol–water partition coefficient (Wildman–Crippen LogP) is 2.56. The van der Waals surface area contributed by atoms with Crippen LogP contribution in [0.25, 0.3) is 0 Å². The fraction of sp³-hybridized carbons (Fsp3) is 0.706. The Bertz CT molecular complexity index is 496. The van der Waals surface area contributed by atoms with E-state index in [1.807, 2.05) is 0 Å². The van der Waals surface area contributed by atoms with Gasteiger partial charge in [-0.2, -0.15) is 0 Å². The van der Waals surface area contributed by atoms with Crippen LogP contribution in [0.5, 0.6) is 0 Å². The van der Waals surface area contributed by atoms with Crippen LogP contribution in [0.15, 0.2) is 18.3 Å². The van der Waals surface area contributed by atoms with Gasteiger partial charge in [0, 0.05) is 37.1 Å². The normalized spacial score (nSPS) is 29.9. The summed E-state index contributed by atoms with van der Waals surface area (Å²) in [6, 6.07) is 4.97. The van der Waals surface area contributed by atoms with Crippen LogP contribution in [0.4, 0.5) is 0 Å². The SMILES string of the molecule is C[C@@H]1CCCC[C@@H]1NC(=O)CN1CCn2cccc2[C@@H]1C. The summed E-state index contributed by atoms with van der Waals surface area (Å²) < 4.78 is 2.29. The summed E-state index contributed by atoms with van der Waals surface area (Å²) >= 11 is 0. The number of carbonyl (C=O) groups is 1. The zero-order valence-corrected chi connectivity index (χ0v) is 13.2. The number of nitrogens with zero attached hydrogens (tertiary/aromatic N) is 2. The first-order chi connectivity index (χ1) is 10.1. The zero-order chi connectivity index (χ0) is 14.8. The van der Waals surface area contributed by atoms with Gasteiger partial charge < -0.3 is 9.88 Å². The first-order valence-corrected chi connectivity index (χ1v) is 8.33. The Morgan fingerprint density at radius 3 is 2.90 bits per heavy atom. The van der Waals surface area contributed by atoms with Gasteiger partial charge in [-0.3, -0.25) is 9.69 Å².